The lowest BCUT2D eigenvalue weighted by molar-refractivity contribution is -0.138. The van der Waals surface area contributed by atoms with Gasteiger partial charge >= 0.3 is 5.97 Å². The van der Waals surface area contributed by atoms with Gasteiger partial charge in [0.2, 0.25) is 0 Å². The minimum absolute atomic E-state index is 0.331. The Balaban J connectivity index is 3.10. The summed E-state index contributed by atoms with van der Waals surface area (Å²) in [7, 11) is 3.14. The minimum Gasteiger partial charge on any atom is -0.493 e. The highest BCUT2D eigenvalue weighted by Crippen LogP contribution is 2.32. The normalized spacial score (nSPS) is 11.0. The summed E-state index contributed by atoms with van der Waals surface area (Å²) in [6.07, 6.45) is 1.72. The molecule has 0 amide bonds. The predicted molar refractivity (Wildman–Crippen MR) is 69.8 cm³/mol. The lowest BCUT2D eigenvalue weighted by Gasteiger charge is -2.10. The second-order valence-corrected chi connectivity index (χ2v) is 3.63. The van der Waals surface area contributed by atoms with E-state index in [1.54, 1.807) is 40.2 Å². The van der Waals surface area contributed by atoms with Crippen LogP contribution in [-0.2, 0) is 9.53 Å². The van der Waals surface area contributed by atoms with Gasteiger partial charge in [-0.05, 0) is 26.0 Å². The van der Waals surface area contributed by atoms with Gasteiger partial charge in [-0.3, -0.25) is 0 Å². The fraction of sp³-hybridized carbons (Fsp3) is 0.357. The number of hydrogen-bond donors (Lipinski definition) is 0. The number of para-hydroxylation sites is 1. The molecule has 0 bridgehead atoms. The zero-order chi connectivity index (χ0) is 13.5. The number of benzene rings is 1. The zero-order valence-electron chi connectivity index (χ0n) is 11.1. The smallest absolute Gasteiger partial charge is 0.333 e. The average Bonchev–Trinajstić information content (AvgIpc) is 2.38. The maximum Gasteiger partial charge on any atom is 0.333 e. The van der Waals surface area contributed by atoms with E-state index in [4.69, 9.17) is 14.2 Å². The van der Waals surface area contributed by atoms with Gasteiger partial charge in [0.15, 0.2) is 11.5 Å². The highest BCUT2D eigenvalue weighted by atomic mass is 16.5. The SMILES string of the molecule is CCOC(=O)/C(C)=C/c1cccc(OC)c1OC. The van der Waals surface area contributed by atoms with Crippen LogP contribution >= 0.6 is 0 Å². The summed E-state index contributed by atoms with van der Waals surface area (Å²) in [5.74, 6) is 0.897. The summed E-state index contributed by atoms with van der Waals surface area (Å²) in [5, 5.41) is 0. The Bertz CT molecular complexity index is 449. The van der Waals surface area contributed by atoms with Crippen LogP contribution < -0.4 is 9.47 Å². The standard InChI is InChI=1S/C14H18O4/c1-5-18-14(15)10(2)9-11-7-6-8-12(16-3)13(11)17-4/h6-9H,5H2,1-4H3/b10-9+. The van der Waals surface area contributed by atoms with Crippen molar-refractivity contribution in [3.63, 3.8) is 0 Å². The summed E-state index contributed by atoms with van der Waals surface area (Å²) >= 11 is 0. The molecule has 4 nitrogen and oxygen atoms in total. The van der Waals surface area contributed by atoms with E-state index in [0.29, 0.717) is 23.7 Å². The van der Waals surface area contributed by atoms with Gasteiger partial charge in [-0.25, -0.2) is 4.79 Å². The Kier molecular flexibility index (Phi) is 5.24. The number of ether oxygens (including phenoxy) is 3. The van der Waals surface area contributed by atoms with Crippen LogP contribution in [0.5, 0.6) is 11.5 Å². The molecule has 98 valence electrons. The number of carbonyl (C=O) groups excluding carboxylic acids is 1. The van der Waals surface area contributed by atoms with Crippen molar-refractivity contribution in [1.29, 1.82) is 0 Å². The summed E-state index contributed by atoms with van der Waals surface area (Å²) < 4.78 is 15.4. The maximum absolute atomic E-state index is 11.5. The number of rotatable bonds is 5. The maximum atomic E-state index is 11.5. The van der Waals surface area contributed by atoms with Crippen molar-refractivity contribution >= 4 is 12.0 Å². The van der Waals surface area contributed by atoms with Crippen LogP contribution in [0.25, 0.3) is 6.08 Å². The molecule has 4 heteroatoms. The molecular formula is C14H18O4. The summed E-state index contributed by atoms with van der Waals surface area (Å²) in [4.78, 5) is 11.5. The topological polar surface area (TPSA) is 44.8 Å². The number of esters is 1. The van der Waals surface area contributed by atoms with Crippen LogP contribution in [0.4, 0.5) is 0 Å². The van der Waals surface area contributed by atoms with Gasteiger partial charge in [-0.15, -0.1) is 0 Å². The first-order valence-electron chi connectivity index (χ1n) is 5.70. The van der Waals surface area contributed by atoms with Crippen LogP contribution in [0.1, 0.15) is 19.4 Å². The van der Waals surface area contributed by atoms with Crippen molar-refractivity contribution in [1.82, 2.24) is 0 Å². The third-order valence-corrected chi connectivity index (χ3v) is 2.40. The van der Waals surface area contributed by atoms with Gasteiger partial charge in [0.05, 0.1) is 20.8 Å². The van der Waals surface area contributed by atoms with E-state index in [2.05, 4.69) is 0 Å². The van der Waals surface area contributed by atoms with Gasteiger partial charge in [0.25, 0.3) is 0 Å². The molecule has 0 unspecified atom stereocenters. The van der Waals surface area contributed by atoms with E-state index >= 15 is 0 Å². The van der Waals surface area contributed by atoms with E-state index in [1.165, 1.54) is 0 Å². The summed E-state index contributed by atoms with van der Waals surface area (Å²) in [6.45, 7) is 3.84. The lowest BCUT2D eigenvalue weighted by Crippen LogP contribution is -2.05. The highest BCUT2D eigenvalue weighted by molar-refractivity contribution is 5.93. The van der Waals surface area contributed by atoms with Crippen LogP contribution in [0, 0.1) is 0 Å². The second kappa shape index (κ2) is 6.69. The Morgan fingerprint density at radius 2 is 2.00 bits per heavy atom. The van der Waals surface area contributed by atoms with Crippen molar-refractivity contribution < 1.29 is 19.0 Å². The zero-order valence-corrected chi connectivity index (χ0v) is 11.1. The first kappa shape index (κ1) is 14.1. The second-order valence-electron chi connectivity index (χ2n) is 3.63. The Morgan fingerprint density at radius 3 is 2.56 bits per heavy atom. The van der Waals surface area contributed by atoms with Crippen molar-refractivity contribution in [2.75, 3.05) is 20.8 Å². The number of methoxy groups -OCH3 is 2. The molecule has 0 N–H and O–H groups in total. The quantitative estimate of drug-likeness (QED) is 0.595. The molecule has 0 aliphatic carbocycles. The Labute approximate surface area is 107 Å². The number of hydrogen-bond acceptors (Lipinski definition) is 4. The Morgan fingerprint density at radius 1 is 1.28 bits per heavy atom. The van der Waals surface area contributed by atoms with Crippen LogP contribution in [0.15, 0.2) is 23.8 Å². The molecule has 0 heterocycles. The fourth-order valence-corrected chi connectivity index (χ4v) is 1.56. The lowest BCUT2D eigenvalue weighted by atomic mass is 10.1. The molecule has 0 saturated carbocycles. The van der Waals surface area contributed by atoms with Crippen molar-refractivity contribution in [2.45, 2.75) is 13.8 Å². The first-order chi connectivity index (χ1) is 8.63. The third kappa shape index (κ3) is 3.26. The van der Waals surface area contributed by atoms with E-state index < -0.39 is 0 Å². The van der Waals surface area contributed by atoms with E-state index in [0.717, 1.165) is 5.56 Å². The van der Waals surface area contributed by atoms with E-state index in [-0.39, 0.29) is 5.97 Å². The van der Waals surface area contributed by atoms with Crippen LogP contribution in [-0.4, -0.2) is 26.8 Å². The largest absolute Gasteiger partial charge is 0.493 e. The van der Waals surface area contributed by atoms with Crippen molar-refractivity contribution in [3.05, 3.63) is 29.3 Å². The first-order valence-corrected chi connectivity index (χ1v) is 5.70. The van der Waals surface area contributed by atoms with E-state index in [9.17, 15) is 4.79 Å². The molecule has 1 rings (SSSR count). The molecule has 1 aromatic rings. The summed E-state index contributed by atoms with van der Waals surface area (Å²) in [6, 6.07) is 5.49. The molecule has 0 saturated heterocycles. The Hall–Kier alpha value is -1.97. The molecule has 0 aliphatic heterocycles. The van der Waals surface area contributed by atoms with E-state index in [1.807, 2.05) is 12.1 Å². The number of carbonyl (C=O) groups is 1. The molecule has 1 aromatic carbocycles. The predicted octanol–water partition coefficient (Wildman–Crippen LogP) is 2.67. The van der Waals surface area contributed by atoms with Gasteiger partial charge in [-0.1, -0.05) is 12.1 Å². The molecule has 0 aromatic heterocycles. The average molecular weight is 250 g/mol. The third-order valence-electron chi connectivity index (χ3n) is 2.40. The van der Waals surface area contributed by atoms with Crippen LogP contribution in [0.3, 0.4) is 0 Å². The fourth-order valence-electron chi connectivity index (χ4n) is 1.56. The van der Waals surface area contributed by atoms with Gasteiger partial charge in [0.1, 0.15) is 0 Å². The van der Waals surface area contributed by atoms with Crippen molar-refractivity contribution in [2.24, 2.45) is 0 Å². The van der Waals surface area contributed by atoms with Crippen molar-refractivity contribution in [3.8, 4) is 11.5 Å². The van der Waals surface area contributed by atoms with Crippen LogP contribution in [0.2, 0.25) is 0 Å². The monoisotopic (exact) mass is 250 g/mol. The molecular weight excluding hydrogens is 232 g/mol. The molecule has 18 heavy (non-hydrogen) atoms. The van der Waals surface area contributed by atoms with Gasteiger partial charge in [-0.2, -0.15) is 0 Å². The molecule has 0 fully saturated rings. The molecule has 0 aliphatic rings. The van der Waals surface area contributed by atoms with Gasteiger partial charge in [0, 0.05) is 11.1 Å². The molecule has 0 atom stereocenters. The molecule has 0 spiro atoms. The van der Waals surface area contributed by atoms with Gasteiger partial charge < -0.3 is 14.2 Å². The minimum atomic E-state index is -0.331. The summed E-state index contributed by atoms with van der Waals surface area (Å²) in [5.41, 5.74) is 1.30. The highest BCUT2D eigenvalue weighted by Gasteiger charge is 2.10. The molecule has 0 radical (unpaired) electrons.